The van der Waals surface area contributed by atoms with Crippen LogP contribution in [0, 0.1) is 0 Å². The van der Waals surface area contributed by atoms with E-state index in [2.05, 4.69) is 0 Å². The molecule has 0 fully saturated rings. The number of hydrogen-bond acceptors (Lipinski definition) is 2. The number of hydrogen-bond donors (Lipinski definition) is 2. The normalized spacial score (nSPS) is 12.6. The lowest BCUT2D eigenvalue weighted by atomic mass is 10.00. The van der Waals surface area contributed by atoms with Gasteiger partial charge in [-0.2, -0.15) is 0 Å². The highest BCUT2D eigenvalue weighted by Crippen LogP contribution is 2.17. The van der Waals surface area contributed by atoms with Crippen LogP contribution in [0.3, 0.4) is 0 Å². The van der Waals surface area contributed by atoms with E-state index in [-0.39, 0.29) is 0 Å². The molecule has 0 spiro atoms. The number of rotatable bonds is 7. The maximum absolute atomic E-state index is 11.0. The molecule has 0 aromatic carbocycles. The Bertz CT molecular complexity index is 313. The van der Waals surface area contributed by atoms with Crippen molar-refractivity contribution in [3.8, 4) is 0 Å². The lowest BCUT2D eigenvalue weighted by Gasteiger charge is -2.06. The first-order valence-electron chi connectivity index (χ1n) is 5.39. The molecule has 0 rings (SSSR count). The summed E-state index contributed by atoms with van der Waals surface area (Å²) in [4.78, 5) is 21.4. The van der Waals surface area contributed by atoms with Gasteiger partial charge < -0.3 is 10.2 Å². The summed E-state index contributed by atoms with van der Waals surface area (Å²) in [5.41, 5.74) is 0.908. The third-order valence-corrected chi connectivity index (χ3v) is 2.23. The van der Waals surface area contributed by atoms with Gasteiger partial charge in [-0.15, -0.1) is 0 Å². The topological polar surface area (TPSA) is 74.6 Å². The van der Waals surface area contributed by atoms with Crippen LogP contribution in [0.5, 0.6) is 0 Å². The molecule has 0 heterocycles. The molecule has 0 aromatic heterocycles. The van der Waals surface area contributed by atoms with Gasteiger partial charge >= 0.3 is 11.9 Å². The summed E-state index contributed by atoms with van der Waals surface area (Å²) in [5, 5.41) is 17.5. The van der Waals surface area contributed by atoms with Gasteiger partial charge in [0.05, 0.1) is 0 Å². The Morgan fingerprint density at radius 2 is 1.75 bits per heavy atom. The Labute approximate surface area is 95.3 Å². The minimum atomic E-state index is -1.06. The molecule has 0 atom stereocenters. The van der Waals surface area contributed by atoms with Crippen LogP contribution in [0.15, 0.2) is 23.3 Å². The van der Waals surface area contributed by atoms with Gasteiger partial charge in [0.25, 0.3) is 0 Å². The molecule has 4 heteroatoms. The van der Waals surface area contributed by atoms with Crippen LogP contribution >= 0.6 is 0 Å². The van der Waals surface area contributed by atoms with Crippen LogP contribution in [0.1, 0.15) is 39.5 Å². The summed E-state index contributed by atoms with van der Waals surface area (Å²) in [6, 6.07) is 0. The Hall–Kier alpha value is -1.58. The molecular weight excluding hydrogens is 208 g/mol. The van der Waals surface area contributed by atoms with Crippen molar-refractivity contribution in [2.75, 3.05) is 0 Å². The monoisotopic (exact) mass is 226 g/mol. The van der Waals surface area contributed by atoms with Crippen molar-refractivity contribution in [3.05, 3.63) is 23.3 Å². The largest absolute Gasteiger partial charge is 0.478 e. The minimum absolute atomic E-state index is 0.321. The van der Waals surface area contributed by atoms with Crippen molar-refractivity contribution >= 4 is 11.9 Å². The molecule has 4 nitrogen and oxygen atoms in total. The molecule has 0 aliphatic heterocycles. The fraction of sp³-hybridized carbons (Fsp3) is 0.500. The van der Waals surface area contributed by atoms with E-state index in [9.17, 15) is 9.59 Å². The first kappa shape index (κ1) is 14.4. The minimum Gasteiger partial charge on any atom is -0.478 e. The van der Waals surface area contributed by atoms with Gasteiger partial charge in [-0.1, -0.05) is 26.3 Å². The highest BCUT2D eigenvalue weighted by molar-refractivity contribution is 5.89. The van der Waals surface area contributed by atoms with Crippen molar-refractivity contribution in [2.24, 2.45) is 0 Å². The van der Waals surface area contributed by atoms with Crippen molar-refractivity contribution in [1.29, 1.82) is 0 Å². The Morgan fingerprint density at radius 1 is 1.12 bits per heavy atom. The maximum atomic E-state index is 11.0. The number of carbonyl (C=O) groups is 2. The van der Waals surface area contributed by atoms with Crippen LogP contribution in [0.4, 0.5) is 0 Å². The molecule has 0 saturated heterocycles. The molecular formula is C12H18O4. The Balaban J connectivity index is 4.99. The number of unbranched alkanes of at least 4 members (excludes halogenated alkanes) is 1. The third kappa shape index (κ3) is 5.34. The fourth-order valence-electron chi connectivity index (χ4n) is 1.36. The first-order chi connectivity index (χ1) is 7.52. The second kappa shape index (κ2) is 7.68. The average molecular weight is 226 g/mol. The van der Waals surface area contributed by atoms with Crippen LogP contribution in [0.25, 0.3) is 0 Å². The fourth-order valence-corrected chi connectivity index (χ4v) is 1.36. The van der Waals surface area contributed by atoms with Crippen molar-refractivity contribution in [2.45, 2.75) is 39.5 Å². The van der Waals surface area contributed by atoms with Crippen molar-refractivity contribution in [3.63, 3.8) is 0 Å². The van der Waals surface area contributed by atoms with Crippen LogP contribution in [0.2, 0.25) is 0 Å². The van der Waals surface area contributed by atoms with E-state index < -0.39 is 11.9 Å². The van der Waals surface area contributed by atoms with Gasteiger partial charge in [0.2, 0.25) is 0 Å². The molecule has 0 unspecified atom stereocenters. The van der Waals surface area contributed by atoms with E-state index in [1.165, 1.54) is 6.08 Å². The predicted octanol–water partition coefficient (Wildman–Crippen LogP) is 2.61. The summed E-state index contributed by atoms with van der Waals surface area (Å²) < 4.78 is 0. The predicted molar refractivity (Wildman–Crippen MR) is 61.3 cm³/mol. The van der Waals surface area contributed by atoms with Crippen LogP contribution in [-0.2, 0) is 9.59 Å². The number of carboxylic acid groups (broad SMARTS) is 2. The lowest BCUT2D eigenvalue weighted by molar-refractivity contribution is -0.133. The zero-order chi connectivity index (χ0) is 12.6. The Kier molecular flexibility index (Phi) is 6.92. The first-order valence-corrected chi connectivity index (χ1v) is 5.39. The van der Waals surface area contributed by atoms with E-state index in [1.807, 2.05) is 13.8 Å². The molecule has 0 bridgehead atoms. The van der Waals surface area contributed by atoms with E-state index in [4.69, 9.17) is 10.2 Å². The van der Waals surface area contributed by atoms with E-state index in [1.54, 1.807) is 0 Å². The zero-order valence-corrected chi connectivity index (χ0v) is 9.69. The maximum Gasteiger partial charge on any atom is 0.331 e. The van der Waals surface area contributed by atoms with E-state index >= 15 is 0 Å². The van der Waals surface area contributed by atoms with Gasteiger partial charge in [-0.25, -0.2) is 9.59 Å². The second-order valence-electron chi connectivity index (χ2n) is 3.44. The molecule has 0 aromatic rings. The van der Waals surface area contributed by atoms with Crippen LogP contribution in [-0.4, -0.2) is 22.2 Å². The van der Waals surface area contributed by atoms with Crippen molar-refractivity contribution < 1.29 is 19.8 Å². The summed E-state index contributed by atoms with van der Waals surface area (Å²) in [5.74, 6) is -2.02. The van der Waals surface area contributed by atoms with Gasteiger partial charge in [-0.05, 0) is 24.8 Å². The molecule has 0 saturated carbocycles. The second-order valence-corrected chi connectivity index (χ2v) is 3.44. The SMILES string of the molecule is CCCCC(C(=O)O)=C(C=CC(=O)O)CC. The number of carboxylic acids is 2. The molecule has 0 aliphatic rings. The van der Waals surface area contributed by atoms with Crippen LogP contribution < -0.4 is 0 Å². The highest BCUT2D eigenvalue weighted by Gasteiger charge is 2.11. The summed E-state index contributed by atoms with van der Waals surface area (Å²) in [7, 11) is 0. The molecule has 0 aliphatic carbocycles. The van der Waals surface area contributed by atoms with Gasteiger partial charge in [0, 0.05) is 11.6 Å². The Morgan fingerprint density at radius 3 is 2.12 bits per heavy atom. The summed E-state index contributed by atoms with van der Waals surface area (Å²) in [6.07, 6.45) is 5.08. The molecule has 2 N–H and O–H groups in total. The molecule has 0 amide bonds. The average Bonchev–Trinajstić information content (AvgIpc) is 2.22. The summed E-state index contributed by atoms with van der Waals surface area (Å²) >= 11 is 0. The number of allylic oxidation sites excluding steroid dienone is 2. The molecule has 16 heavy (non-hydrogen) atoms. The molecule has 90 valence electrons. The quantitative estimate of drug-likeness (QED) is 0.517. The lowest BCUT2D eigenvalue weighted by Crippen LogP contribution is -2.04. The standard InChI is InChI=1S/C12H18O4/c1-3-5-6-10(12(15)16)9(4-2)7-8-11(13)14/h7-8H,3-6H2,1-2H3,(H,13,14)(H,15,16). The zero-order valence-electron chi connectivity index (χ0n) is 9.69. The van der Waals surface area contributed by atoms with Gasteiger partial charge in [0.1, 0.15) is 0 Å². The smallest absolute Gasteiger partial charge is 0.331 e. The van der Waals surface area contributed by atoms with Crippen molar-refractivity contribution in [1.82, 2.24) is 0 Å². The van der Waals surface area contributed by atoms with E-state index in [0.29, 0.717) is 24.0 Å². The highest BCUT2D eigenvalue weighted by atomic mass is 16.4. The van der Waals surface area contributed by atoms with E-state index in [0.717, 1.165) is 18.9 Å². The van der Waals surface area contributed by atoms with Gasteiger partial charge in [-0.3, -0.25) is 0 Å². The summed E-state index contributed by atoms with van der Waals surface area (Å²) in [6.45, 7) is 3.80. The number of aliphatic carboxylic acids is 2. The third-order valence-electron chi connectivity index (χ3n) is 2.23. The molecule has 0 radical (unpaired) electrons. The van der Waals surface area contributed by atoms with Gasteiger partial charge in [0.15, 0.2) is 0 Å².